The molecule has 0 aliphatic heterocycles. The average Bonchev–Trinajstić information content (AvgIpc) is 3.11. The molecule has 1 aromatic heterocycles. The number of carbonyl (C=O) groups is 4. The molecule has 0 saturated heterocycles. The highest BCUT2D eigenvalue weighted by Crippen LogP contribution is 2.38. The predicted octanol–water partition coefficient (Wildman–Crippen LogP) is 6.62. The number of aromatic nitrogens is 1. The molecule has 3 aromatic rings. The molecule has 1 saturated carbocycles. The monoisotopic (exact) mass is 789 g/mol. The normalized spacial score (nSPS) is 13.6. The number of pyridine rings is 1. The van der Waals surface area contributed by atoms with E-state index >= 15 is 0 Å². The highest BCUT2D eigenvalue weighted by atomic mass is 19.4. The number of nitrogens with one attached hydrogen (secondary N) is 2. The van der Waals surface area contributed by atoms with Crippen LogP contribution in [0.3, 0.4) is 0 Å². The molecule has 1 aliphatic carbocycles. The van der Waals surface area contributed by atoms with E-state index in [1.165, 1.54) is 25.5 Å². The number of fused-ring (bicyclic) bond motifs is 1. The molecule has 0 unspecified atom stereocenters. The Morgan fingerprint density at radius 3 is 1.95 bits per heavy atom. The number of anilines is 2. The van der Waals surface area contributed by atoms with Crippen molar-refractivity contribution in [1.82, 2.24) is 10.3 Å². The van der Waals surface area contributed by atoms with Crippen molar-refractivity contribution in [2.24, 2.45) is 17.4 Å². The second-order valence-corrected chi connectivity index (χ2v) is 12.2. The number of rotatable bonds is 13. The fraction of sp³-hybridized carbons (Fsp3) is 0.472. The molecule has 19 heteroatoms. The predicted molar refractivity (Wildman–Crippen MR) is 190 cm³/mol. The minimum absolute atomic E-state index is 0.124. The van der Waals surface area contributed by atoms with Crippen molar-refractivity contribution in [3.05, 3.63) is 53.2 Å². The van der Waals surface area contributed by atoms with Crippen molar-refractivity contribution in [2.45, 2.75) is 90.7 Å². The number of halogens is 6. The summed E-state index contributed by atoms with van der Waals surface area (Å²) in [5.41, 5.74) is 16.3. The number of alkyl halides is 6. The van der Waals surface area contributed by atoms with Gasteiger partial charge in [-0.1, -0.05) is 51.2 Å². The number of benzene rings is 2. The molecule has 13 nitrogen and oxygen atoms in total. The van der Waals surface area contributed by atoms with Crippen molar-refractivity contribution in [1.29, 1.82) is 0 Å². The molecule has 1 heterocycles. The van der Waals surface area contributed by atoms with E-state index in [2.05, 4.69) is 22.5 Å². The lowest BCUT2D eigenvalue weighted by molar-refractivity contribution is -0.193. The standard InChI is InChI=1S/C32H43N5O4.2C2HF3O2/c1-4-22-21(18-36-32(39)25(33)15-20-11-8-7-9-12-20)13-10-14-26(22)37-30-23-16-28(40-5-2)29(41-6-3)17-27(23)35-19-24(30)31(34)38;2*3-2(4,5)1(6)7/h10,13-14,16-17,19-20,25H,4-9,11-12,15,18,33H2,1-3H3,(H2,34,38)(H,35,37)(H,36,39);2*(H,6,7)/t25-;;/m1../s1. The molecule has 2 amide bonds. The number of carbonyl (C=O) groups excluding carboxylic acids is 2. The lowest BCUT2D eigenvalue weighted by atomic mass is 9.85. The van der Waals surface area contributed by atoms with E-state index in [0.29, 0.717) is 60.2 Å². The number of primary amides is 1. The maximum atomic E-state index is 12.9. The number of nitrogens with two attached hydrogens (primary N) is 2. The van der Waals surface area contributed by atoms with Crippen LogP contribution in [0.4, 0.5) is 37.7 Å². The van der Waals surface area contributed by atoms with E-state index in [9.17, 15) is 35.9 Å². The van der Waals surface area contributed by atoms with Crippen LogP contribution in [0.5, 0.6) is 11.5 Å². The molecule has 1 atom stereocenters. The van der Waals surface area contributed by atoms with Crippen LogP contribution >= 0.6 is 0 Å². The van der Waals surface area contributed by atoms with Gasteiger partial charge >= 0.3 is 24.3 Å². The van der Waals surface area contributed by atoms with E-state index in [0.717, 1.165) is 36.1 Å². The Morgan fingerprint density at radius 1 is 0.909 bits per heavy atom. The van der Waals surface area contributed by atoms with Gasteiger partial charge in [-0.15, -0.1) is 0 Å². The largest absolute Gasteiger partial charge is 0.490 e. The van der Waals surface area contributed by atoms with Crippen molar-refractivity contribution in [2.75, 3.05) is 18.5 Å². The van der Waals surface area contributed by atoms with Gasteiger partial charge in [0.2, 0.25) is 5.91 Å². The molecule has 1 fully saturated rings. The Hall–Kier alpha value is -5.33. The van der Waals surface area contributed by atoms with Crippen LogP contribution in [-0.4, -0.2) is 70.6 Å². The molecule has 304 valence electrons. The van der Waals surface area contributed by atoms with Gasteiger partial charge < -0.3 is 41.8 Å². The number of hydrogen-bond acceptors (Lipinski definition) is 9. The van der Waals surface area contributed by atoms with E-state index in [1.807, 2.05) is 44.2 Å². The van der Waals surface area contributed by atoms with E-state index in [-0.39, 0.29) is 11.5 Å². The van der Waals surface area contributed by atoms with Crippen LogP contribution in [0, 0.1) is 5.92 Å². The first-order valence-corrected chi connectivity index (χ1v) is 17.3. The zero-order chi connectivity index (χ0) is 41.5. The number of ether oxygens (including phenoxy) is 2. The minimum atomic E-state index is -5.08. The smallest absolute Gasteiger partial charge is 0.490 e. The molecule has 0 bridgehead atoms. The Bertz CT molecular complexity index is 1760. The first kappa shape index (κ1) is 45.8. The van der Waals surface area contributed by atoms with E-state index in [4.69, 9.17) is 40.7 Å². The molecule has 4 rings (SSSR count). The quantitative estimate of drug-likeness (QED) is 0.101. The summed E-state index contributed by atoms with van der Waals surface area (Å²) in [6, 6.07) is 9.01. The Balaban J connectivity index is 0.000000633. The summed E-state index contributed by atoms with van der Waals surface area (Å²) in [5, 5.41) is 21.4. The number of carboxylic acids is 2. The van der Waals surface area contributed by atoms with Gasteiger partial charge in [0.05, 0.1) is 36.0 Å². The molecule has 1 aliphatic rings. The van der Waals surface area contributed by atoms with Gasteiger partial charge in [0.15, 0.2) is 11.5 Å². The third-order valence-corrected chi connectivity index (χ3v) is 8.27. The first-order valence-electron chi connectivity index (χ1n) is 17.3. The number of amides is 2. The summed E-state index contributed by atoms with van der Waals surface area (Å²) in [5.74, 6) is -4.56. The van der Waals surface area contributed by atoms with Crippen LogP contribution in [0.2, 0.25) is 0 Å². The Kier molecular flexibility index (Phi) is 17.4. The van der Waals surface area contributed by atoms with Crippen LogP contribution in [0.15, 0.2) is 36.5 Å². The van der Waals surface area contributed by atoms with Crippen molar-refractivity contribution >= 4 is 46.0 Å². The molecule has 8 N–H and O–H groups in total. The van der Waals surface area contributed by atoms with Crippen molar-refractivity contribution in [3.63, 3.8) is 0 Å². The SMILES string of the molecule is CCOc1cc2ncc(C(N)=O)c(Nc3cccc(CNC(=O)[C@H](N)CC4CCCCC4)c3CC)c2cc1OCC.O=C(O)C(F)(F)F.O=C(O)C(F)(F)F. The van der Waals surface area contributed by atoms with Gasteiger partial charge in [0.1, 0.15) is 0 Å². The molecular weight excluding hydrogens is 744 g/mol. The number of carboxylic acid groups (broad SMARTS) is 2. The first-order chi connectivity index (χ1) is 25.7. The van der Waals surface area contributed by atoms with Crippen molar-refractivity contribution < 1.29 is 65.2 Å². The van der Waals surface area contributed by atoms with Crippen LogP contribution in [-0.2, 0) is 27.3 Å². The van der Waals surface area contributed by atoms with Gasteiger partial charge in [-0.2, -0.15) is 26.3 Å². The van der Waals surface area contributed by atoms with Crippen molar-refractivity contribution in [3.8, 4) is 11.5 Å². The number of hydrogen-bond donors (Lipinski definition) is 6. The molecule has 55 heavy (non-hydrogen) atoms. The molecule has 0 spiro atoms. The fourth-order valence-electron chi connectivity index (χ4n) is 5.73. The molecular formula is C36H45F6N5O8. The van der Waals surface area contributed by atoms with Gasteiger partial charge in [0.25, 0.3) is 5.91 Å². The number of aliphatic carboxylic acids is 2. The fourth-order valence-corrected chi connectivity index (χ4v) is 5.73. The van der Waals surface area contributed by atoms with E-state index < -0.39 is 36.2 Å². The van der Waals surface area contributed by atoms with Gasteiger partial charge in [0, 0.05) is 29.9 Å². The third kappa shape index (κ3) is 14.1. The summed E-state index contributed by atoms with van der Waals surface area (Å²) in [4.78, 5) is 47.6. The molecule has 2 aromatic carbocycles. The van der Waals surface area contributed by atoms with Gasteiger partial charge in [-0.3, -0.25) is 14.6 Å². The van der Waals surface area contributed by atoms with Crippen LogP contribution in [0.25, 0.3) is 10.9 Å². The average molecular weight is 790 g/mol. The summed E-state index contributed by atoms with van der Waals surface area (Å²) < 4.78 is 75.1. The maximum Gasteiger partial charge on any atom is 0.490 e. The molecule has 0 radical (unpaired) electrons. The zero-order valence-corrected chi connectivity index (χ0v) is 30.4. The highest BCUT2D eigenvalue weighted by Gasteiger charge is 2.39. The topological polar surface area (TPSA) is 216 Å². The zero-order valence-electron chi connectivity index (χ0n) is 30.4. The summed E-state index contributed by atoms with van der Waals surface area (Å²) in [7, 11) is 0. The van der Waals surface area contributed by atoms with Crippen LogP contribution in [0.1, 0.15) is 80.8 Å². The van der Waals surface area contributed by atoms with E-state index in [1.54, 1.807) is 0 Å². The summed E-state index contributed by atoms with van der Waals surface area (Å²) in [6.45, 7) is 7.16. The second-order valence-electron chi connectivity index (χ2n) is 12.2. The lowest BCUT2D eigenvalue weighted by Crippen LogP contribution is -2.41. The second kappa shape index (κ2) is 20.9. The number of nitrogens with zero attached hydrogens (tertiary/aromatic N) is 1. The Morgan fingerprint density at radius 2 is 1.45 bits per heavy atom. The Labute approximate surface area is 312 Å². The maximum absolute atomic E-state index is 12.9. The van der Waals surface area contributed by atoms with Crippen LogP contribution < -0.4 is 31.6 Å². The summed E-state index contributed by atoms with van der Waals surface area (Å²) in [6.07, 6.45) is -1.21. The third-order valence-electron chi connectivity index (χ3n) is 8.27. The van der Waals surface area contributed by atoms with Gasteiger partial charge in [-0.05, 0) is 55.9 Å². The lowest BCUT2D eigenvalue weighted by Gasteiger charge is -2.24. The highest BCUT2D eigenvalue weighted by molar-refractivity contribution is 6.08. The van der Waals surface area contributed by atoms with Gasteiger partial charge in [-0.25, -0.2) is 9.59 Å². The summed E-state index contributed by atoms with van der Waals surface area (Å²) >= 11 is 0. The minimum Gasteiger partial charge on any atom is -0.490 e.